The molecule has 2 rings (SSSR count). The second kappa shape index (κ2) is 6.83. The molecule has 0 N–H and O–H groups in total. The van der Waals surface area contributed by atoms with Crippen molar-refractivity contribution in [3.05, 3.63) is 11.7 Å². The standard InChI is InChI=1S/C14H23N3O3/c1-4-19-14(18)10(2)17-7-5-6-12(9-17)8-13-15-11(3)20-16-13/h10,12H,4-9H2,1-3H3/t10-,12+/m0/s1. The van der Waals surface area contributed by atoms with E-state index in [9.17, 15) is 4.79 Å². The SMILES string of the molecule is CCOC(=O)[C@H](C)N1CCC[C@H](Cc2noc(C)n2)C1. The molecule has 1 aliphatic heterocycles. The monoisotopic (exact) mass is 281 g/mol. The van der Waals surface area contributed by atoms with E-state index in [0.29, 0.717) is 18.4 Å². The zero-order valence-electron chi connectivity index (χ0n) is 12.5. The first-order chi connectivity index (χ1) is 9.60. The van der Waals surface area contributed by atoms with Crippen molar-refractivity contribution >= 4 is 5.97 Å². The summed E-state index contributed by atoms with van der Waals surface area (Å²) in [4.78, 5) is 18.3. The smallest absolute Gasteiger partial charge is 0.323 e. The van der Waals surface area contributed by atoms with Gasteiger partial charge in [0.2, 0.25) is 5.89 Å². The lowest BCUT2D eigenvalue weighted by molar-refractivity contribution is -0.149. The molecule has 0 aliphatic carbocycles. The molecule has 0 aromatic carbocycles. The molecule has 0 bridgehead atoms. The molecule has 0 amide bonds. The predicted octanol–water partition coefficient (Wildman–Crippen LogP) is 1.58. The Labute approximate surface area is 119 Å². The van der Waals surface area contributed by atoms with Crippen molar-refractivity contribution in [3.63, 3.8) is 0 Å². The number of aryl methyl sites for hydroxylation is 1. The van der Waals surface area contributed by atoms with E-state index in [-0.39, 0.29) is 12.0 Å². The lowest BCUT2D eigenvalue weighted by atomic mass is 9.93. The molecule has 2 heterocycles. The number of likely N-dealkylation sites (tertiary alicyclic amines) is 1. The fourth-order valence-electron chi connectivity index (χ4n) is 2.71. The van der Waals surface area contributed by atoms with Crippen LogP contribution in [0.1, 0.15) is 38.4 Å². The Balaban J connectivity index is 1.89. The van der Waals surface area contributed by atoms with Gasteiger partial charge in [0.25, 0.3) is 0 Å². The molecule has 1 saturated heterocycles. The van der Waals surface area contributed by atoms with Crippen molar-refractivity contribution in [2.75, 3.05) is 19.7 Å². The van der Waals surface area contributed by atoms with E-state index in [4.69, 9.17) is 9.26 Å². The molecule has 112 valence electrons. The molecule has 1 aliphatic rings. The Morgan fingerprint density at radius 2 is 2.40 bits per heavy atom. The number of hydrogen-bond acceptors (Lipinski definition) is 6. The van der Waals surface area contributed by atoms with Crippen LogP contribution in [0.5, 0.6) is 0 Å². The molecule has 0 saturated carbocycles. The average Bonchev–Trinajstić information content (AvgIpc) is 2.84. The second-order valence-corrected chi connectivity index (χ2v) is 5.36. The highest BCUT2D eigenvalue weighted by Gasteiger charge is 2.28. The van der Waals surface area contributed by atoms with Crippen LogP contribution in [0, 0.1) is 12.8 Å². The van der Waals surface area contributed by atoms with Crippen molar-refractivity contribution < 1.29 is 14.1 Å². The van der Waals surface area contributed by atoms with Crippen LogP contribution >= 0.6 is 0 Å². The molecule has 6 heteroatoms. The molecule has 1 fully saturated rings. The lowest BCUT2D eigenvalue weighted by Crippen LogP contribution is -2.46. The molecule has 1 aromatic heterocycles. The van der Waals surface area contributed by atoms with Gasteiger partial charge in [-0.15, -0.1) is 0 Å². The van der Waals surface area contributed by atoms with Crippen molar-refractivity contribution in [3.8, 4) is 0 Å². The molecule has 0 spiro atoms. The van der Waals surface area contributed by atoms with Gasteiger partial charge in [-0.1, -0.05) is 5.16 Å². The molecule has 0 unspecified atom stereocenters. The summed E-state index contributed by atoms with van der Waals surface area (Å²) in [6.07, 6.45) is 3.04. The van der Waals surface area contributed by atoms with E-state index in [0.717, 1.165) is 38.2 Å². The molecule has 2 atom stereocenters. The van der Waals surface area contributed by atoms with Crippen molar-refractivity contribution in [2.24, 2.45) is 5.92 Å². The maximum atomic E-state index is 11.8. The predicted molar refractivity (Wildman–Crippen MR) is 73.1 cm³/mol. The minimum atomic E-state index is -0.176. The normalized spacial score (nSPS) is 21.6. The molecule has 1 aromatic rings. The second-order valence-electron chi connectivity index (χ2n) is 5.36. The molecule has 0 radical (unpaired) electrons. The van der Waals surface area contributed by atoms with Crippen LogP contribution in [0.15, 0.2) is 4.52 Å². The van der Waals surface area contributed by atoms with Gasteiger partial charge in [0.1, 0.15) is 6.04 Å². The van der Waals surface area contributed by atoms with Gasteiger partial charge >= 0.3 is 5.97 Å². The third-order valence-corrected chi connectivity index (χ3v) is 3.77. The van der Waals surface area contributed by atoms with Gasteiger partial charge in [0, 0.05) is 19.9 Å². The first kappa shape index (κ1) is 15.0. The van der Waals surface area contributed by atoms with Crippen LogP contribution in [0.4, 0.5) is 0 Å². The van der Waals surface area contributed by atoms with Crippen molar-refractivity contribution in [1.29, 1.82) is 0 Å². The summed E-state index contributed by atoms with van der Waals surface area (Å²) in [5, 5.41) is 3.95. The average molecular weight is 281 g/mol. The Morgan fingerprint density at radius 3 is 3.05 bits per heavy atom. The maximum Gasteiger partial charge on any atom is 0.323 e. The van der Waals surface area contributed by atoms with E-state index in [1.165, 1.54) is 0 Å². The number of rotatable bonds is 5. The third-order valence-electron chi connectivity index (χ3n) is 3.77. The van der Waals surface area contributed by atoms with Crippen LogP contribution < -0.4 is 0 Å². The Bertz CT molecular complexity index is 447. The van der Waals surface area contributed by atoms with E-state index < -0.39 is 0 Å². The van der Waals surface area contributed by atoms with E-state index >= 15 is 0 Å². The van der Waals surface area contributed by atoms with Gasteiger partial charge < -0.3 is 9.26 Å². The van der Waals surface area contributed by atoms with Crippen LogP contribution in [0.2, 0.25) is 0 Å². The molecule has 6 nitrogen and oxygen atoms in total. The summed E-state index contributed by atoms with van der Waals surface area (Å²) >= 11 is 0. The Hall–Kier alpha value is -1.43. The third kappa shape index (κ3) is 3.79. The van der Waals surface area contributed by atoms with Gasteiger partial charge in [-0.25, -0.2) is 0 Å². The summed E-state index contributed by atoms with van der Waals surface area (Å²) in [5.41, 5.74) is 0. The van der Waals surface area contributed by atoms with Gasteiger partial charge in [0.15, 0.2) is 5.82 Å². The molecular weight excluding hydrogens is 258 g/mol. The maximum absolute atomic E-state index is 11.8. The van der Waals surface area contributed by atoms with Crippen LogP contribution in [-0.4, -0.2) is 46.7 Å². The zero-order chi connectivity index (χ0) is 14.5. The van der Waals surface area contributed by atoms with Gasteiger partial charge in [-0.2, -0.15) is 4.98 Å². The van der Waals surface area contributed by atoms with Gasteiger partial charge in [-0.05, 0) is 39.2 Å². The van der Waals surface area contributed by atoms with Crippen molar-refractivity contribution in [2.45, 2.75) is 46.1 Å². The Kier molecular flexibility index (Phi) is 5.11. The van der Waals surface area contributed by atoms with E-state index in [1.54, 1.807) is 6.92 Å². The van der Waals surface area contributed by atoms with Crippen LogP contribution in [-0.2, 0) is 16.0 Å². The topological polar surface area (TPSA) is 68.5 Å². The summed E-state index contributed by atoms with van der Waals surface area (Å²) in [5.74, 6) is 1.70. The summed E-state index contributed by atoms with van der Waals surface area (Å²) in [6.45, 7) is 7.81. The fraction of sp³-hybridized carbons (Fsp3) is 0.786. The highest BCUT2D eigenvalue weighted by atomic mass is 16.5. The number of nitrogens with zero attached hydrogens (tertiary/aromatic N) is 3. The number of aromatic nitrogens is 2. The fourth-order valence-corrected chi connectivity index (χ4v) is 2.71. The lowest BCUT2D eigenvalue weighted by Gasteiger charge is -2.35. The number of hydrogen-bond donors (Lipinski definition) is 0. The van der Waals surface area contributed by atoms with E-state index in [2.05, 4.69) is 15.0 Å². The van der Waals surface area contributed by atoms with E-state index in [1.807, 2.05) is 13.8 Å². The summed E-state index contributed by atoms with van der Waals surface area (Å²) in [6, 6.07) is -0.176. The van der Waals surface area contributed by atoms with Gasteiger partial charge in [-0.3, -0.25) is 9.69 Å². The van der Waals surface area contributed by atoms with Crippen molar-refractivity contribution in [1.82, 2.24) is 15.0 Å². The summed E-state index contributed by atoms with van der Waals surface area (Å²) < 4.78 is 10.1. The highest BCUT2D eigenvalue weighted by molar-refractivity contribution is 5.75. The number of piperidine rings is 1. The molecular formula is C14H23N3O3. The zero-order valence-corrected chi connectivity index (χ0v) is 12.5. The number of ether oxygens (including phenoxy) is 1. The Morgan fingerprint density at radius 1 is 1.60 bits per heavy atom. The molecule has 20 heavy (non-hydrogen) atoms. The minimum absolute atomic E-state index is 0.136. The highest BCUT2D eigenvalue weighted by Crippen LogP contribution is 2.21. The number of esters is 1. The number of carbonyl (C=O) groups excluding carboxylic acids is 1. The van der Waals surface area contributed by atoms with Gasteiger partial charge in [0.05, 0.1) is 6.61 Å². The first-order valence-corrected chi connectivity index (χ1v) is 7.30. The largest absolute Gasteiger partial charge is 0.465 e. The first-order valence-electron chi connectivity index (χ1n) is 7.30. The quantitative estimate of drug-likeness (QED) is 0.763. The minimum Gasteiger partial charge on any atom is -0.465 e. The van der Waals surface area contributed by atoms with Crippen LogP contribution in [0.3, 0.4) is 0 Å². The van der Waals surface area contributed by atoms with Crippen LogP contribution in [0.25, 0.3) is 0 Å². The summed E-state index contributed by atoms with van der Waals surface area (Å²) in [7, 11) is 0. The number of carbonyl (C=O) groups is 1.